The Morgan fingerprint density at radius 2 is 1.90 bits per heavy atom. The highest BCUT2D eigenvalue weighted by Gasteiger charge is 2.27. The predicted molar refractivity (Wildman–Crippen MR) is 80.4 cm³/mol. The van der Waals surface area contributed by atoms with Crippen molar-refractivity contribution < 1.29 is 4.52 Å². The van der Waals surface area contributed by atoms with Gasteiger partial charge in [-0.1, -0.05) is 25.4 Å². The minimum Gasteiger partial charge on any atom is -0.339 e. The summed E-state index contributed by atoms with van der Waals surface area (Å²) in [7, 11) is 0. The standard InChI is InChI=1S/C16H29N3O/c1-12(2)13-7-9-14(10-8-13)16-18-15(20-19-16)6-4-3-5-11-17/h12-14H,3-11,17H2,1-2H3. The summed E-state index contributed by atoms with van der Waals surface area (Å²) in [6, 6.07) is 0. The quantitative estimate of drug-likeness (QED) is 0.773. The zero-order valence-corrected chi connectivity index (χ0v) is 13.0. The molecule has 2 N–H and O–H groups in total. The summed E-state index contributed by atoms with van der Waals surface area (Å²) in [5.41, 5.74) is 5.49. The molecule has 1 aromatic heterocycles. The van der Waals surface area contributed by atoms with Gasteiger partial charge in [-0.25, -0.2) is 0 Å². The Bertz CT molecular complexity index is 381. The van der Waals surface area contributed by atoms with E-state index in [0.29, 0.717) is 5.92 Å². The molecular formula is C16H29N3O. The Balaban J connectivity index is 1.78. The zero-order valence-electron chi connectivity index (χ0n) is 13.0. The second kappa shape index (κ2) is 7.77. The molecule has 0 amide bonds. The molecule has 0 saturated heterocycles. The lowest BCUT2D eigenvalue weighted by Gasteiger charge is -2.29. The number of unbranched alkanes of at least 4 members (excludes halogenated alkanes) is 2. The molecule has 0 spiro atoms. The van der Waals surface area contributed by atoms with Gasteiger partial charge in [0, 0.05) is 12.3 Å². The fourth-order valence-corrected chi connectivity index (χ4v) is 3.18. The molecule has 4 nitrogen and oxygen atoms in total. The van der Waals surface area contributed by atoms with Crippen molar-refractivity contribution in [2.45, 2.75) is 71.1 Å². The lowest BCUT2D eigenvalue weighted by Crippen LogP contribution is -2.18. The molecular weight excluding hydrogens is 250 g/mol. The van der Waals surface area contributed by atoms with Crippen molar-refractivity contribution >= 4 is 0 Å². The summed E-state index contributed by atoms with van der Waals surface area (Å²) in [6.07, 6.45) is 9.27. The number of aryl methyl sites for hydroxylation is 1. The Morgan fingerprint density at radius 1 is 1.15 bits per heavy atom. The molecule has 1 heterocycles. The van der Waals surface area contributed by atoms with E-state index in [9.17, 15) is 0 Å². The van der Waals surface area contributed by atoms with Gasteiger partial charge in [0.05, 0.1) is 0 Å². The van der Waals surface area contributed by atoms with Gasteiger partial charge in [-0.15, -0.1) is 0 Å². The van der Waals surface area contributed by atoms with E-state index in [-0.39, 0.29) is 0 Å². The Kier molecular flexibility index (Phi) is 6.02. The number of hydrogen-bond acceptors (Lipinski definition) is 4. The van der Waals surface area contributed by atoms with Crippen LogP contribution in [0.25, 0.3) is 0 Å². The molecule has 0 unspecified atom stereocenters. The van der Waals surface area contributed by atoms with Gasteiger partial charge < -0.3 is 10.3 Å². The normalized spacial score (nSPS) is 23.4. The van der Waals surface area contributed by atoms with E-state index in [1.807, 2.05) is 0 Å². The molecule has 0 bridgehead atoms. The van der Waals surface area contributed by atoms with E-state index < -0.39 is 0 Å². The second-order valence-electron chi connectivity index (χ2n) is 6.50. The van der Waals surface area contributed by atoms with Crippen LogP contribution < -0.4 is 5.73 Å². The van der Waals surface area contributed by atoms with Crippen molar-refractivity contribution in [3.8, 4) is 0 Å². The highest BCUT2D eigenvalue weighted by Crippen LogP contribution is 2.37. The molecule has 1 aliphatic rings. The van der Waals surface area contributed by atoms with Crippen LogP contribution in [0.4, 0.5) is 0 Å². The predicted octanol–water partition coefficient (Wildman–Crippen LogP) is 3.67. The number of aromatic nitrogens is 2. The number of nitrogens with zero attached hydrogens (tertiary/aromatic N) is 2. The first-order valence-corrected chi connectivity index (χ1v) is 8.23. The van der Waals surface area contributed by atoms with Crippen molar-refractivity contribution in [2.24, 2.45) is 17.6 Å². The van der Waals surface area contributed by atoms with Crippen LogP contribution in [0, 0.1) is 11.8 Å². The highest BCUT2D eigenvalue weighted by atomic mass is 16.5. The fraction of sp³-hybridized carbons (Fsp3) is 0.875. The highest BCUT2D eigenvalue weighted by molar-refractivity contribution is 4.98. The Labute approximate surface area is 122 Å². The summed E-state index contributed by atoms with van der Waals surface area (Å²) < 4.78 is 5.38. The molecule has 2 rings (SSSR count). The summed E-state index contributed by atoms with van der Waals surface area (Å²) in [6.45, 7) is 5.44. The topological polar surface area (TPSA) is 64.9 Å². The maximum atomic E-state index is 5.49. The minimum atomic E-state index is 0.520. The van der Waals surface area contributed by atoms with Crippen LogP contribution in [0.2, 0.25) is 0 Å². The fourth-order valence-electron chi connectivity index (χ4n) is 3.18. The first-order chi connectivity index (χ1) is 9.70. The van der Waals surface area contributed by atoms with Crippen LogP contribution in [0.1, 0.15) is 76.4 Å². The third-order valence-corrected chi connectivity index (χ3v) is 4.66. The number of rotatable bonds is 7. The van der Waals surface area contributed by atoms with Crippen LogP contribution >= 0.6 is 0 Å². The lowest BCUT2D eigenvalue weighted by atomic mass is 9.77. The molecule has 1 saturated carbocycles. The van der Waals surface area contributed by atoms with Crippen LogP contribution in [0.5, 0.6) is 0 Å². The molecule has 0 atom stereocenters. The van der Waals surface area contributed by atoms with Gasteiger partial charge in [-0.3, -0.25) is 0 Å². The molecule has 4 heteroatoms. The van der Waals surface area contributed by atoms with Crippen LogP contribution in [0.15, 0.2) is 4.52 Å². The van der Waals surface area contributed by atoms with Gasteiger partial charge in [-0.05, 0) is 56.9 Å². The molecule has 114 valence electrons. The first kappa shape index (κ1) is 15.5. The van der Waals surface area contributed by atoms with Crippen molar-refractivity contribution in [3.63, 3.8) is 0 Å². The van der Waals surface area contributed by atoms with Crippen LogP contribution in [0.3, 0.4) is 0 Å². The smallest absolute Gasteiger partial charge is 0.226 e. The summed E-state index contributed by atoms with van der Waals surface area (Å²) in [5, 5.41) is 4.20. The van der Waals surface area contributed by atoms with Gasteiger partial charge in [0.25, 0.3) is 0 Å². The minimum absolute atomic E-state index is 0.520. The molecule has 1 aliphatic carbocycles. The largest absolute Gasteiger partial charge is 0.339 e. The summed E-state index contributed by atoms with van der Waals surface area (Å²) in [4.78, 5) is 4.59. The average Bonchev–Trinajstić information content (AvgIpc) is 2.92. The van der Waals surface area contributed by atoms with E-state index in [4.69, 9.17) is 10.3 Å². The van der Waals surface area contributed by atoms with E-state index in [0.717, 1.165) is 55.8 Å². The van der Waals surface area contributed by atoms with Crippen molar-refractivity contribution in [2.75, 3.05) is 6.54 Å². The number of hydrogen-bond donors (Lipinski definition) is 1. The first-order valence-electron chi connectivity index (χ1n) is 8.23. The maximum Gasteiger partial charge on any atom is 0.226 e. The Hall–Kier alpha value is -0.900. The zero-order chi connectivity index (χ0) is 14.4. The third-order valence-electron chi connectivity index (χ3n) is 4.66. The van der Waals surface area contributed by atoms with Crippen LogP contribution in [-0.2, 0) is 6.42 Å². The molecule has 20 heavy (non-hydrogen) atoms. The molecule has 0 aromatic carbocycles. The summed E-state index contributed by atoms with van der Waals surface area (Å²) >= 11 is 0. The van der Waals surface area contributed by atoms with Gasteiger partial charge in [0.1, 0.15) is 0 Å². The molecule has 0 aliphatic heterocycles. The van der Waals surface area contributed by atoms with Gasteiger partial charge >= 0.3 is 0 Å². The monoisotopic (exact) mass is 279 g/mol. The van der Waals surface area contributed by atoms with E-state index >= 15 is 0 Å². The van der Waals surface area contributed by atoms with Gasteiger partial charge in [0.15, 0.2) is 5.82 Å². The third kappa shape index (κ3) is 4.30. The molecule has 1 aromatic rings. The van der Waals surface area contributed by atoms with Crippen LogP contribution in [-0.4, -0.2) is 16.7 Å². The lowest BCUT2D eigenvalue weighted by molar-refractivity contribution is 0.251. The van der Waals surface area contributed by atoms with Crippen molar-refractivity contribution in [1.29, 1.82) is 0 Å². The maximum absolute atomic E-state index is 5.49. The molecule has 1 fully saturated rings. The number of nitrogens with two attached hydrogens (primary N) is 1. The van der Waals surface area contributed by atoms with Crippen molar-refractivity contribution in [3.05, 3.63) is 11.7 Å². The van der Waals surface area contributed by atoms with Crippen molar-refractivity contribution in [1.82, 2.24) is 10.1 Å². The summed E-state index contributed by atoms with van der Waals surface area (Å²) in [5.74, 6) is 3.96. The Morgan fingerprint density at radius 3 is 2.55 bits per heavy atom. The van der Waals surface area contributed by atoms with E-state index in [2.05, 4.69) is 24.0 Å². The second-order valence-corrected chi connectivity index (χ2v) is 6.50. The average molecular weight is 279 g/mol. The SMILES string of the molecule is CC(C)C1CCC(c2noc(CCCCCN)n2)CC1. The van der Waals surface area contributed by atoms with Gasteiger partial charge in [-0.2, -0.15) is 4.98 Å². The molecule has 0 radical (unpaired) electrons. The van der Waals surface area contributed by atoms with E-state index in [1.54, 1.807) is 0 Å². The van der Waals surface area contributed by atoms with Gasteiger partial charge in [0.2, 0.25) is 5.89 Å². The van der Waals surface area contributed by atoms with E-state index in [1.165, 1.54) is 25.7 Å².